The Hall–Kier alpha value is -2.38. The summed E-state index contributed by atoms with van der Waals surface area (Å²) in [7, 11) is -3.21. The highest BCUT2D eigenvalue weighted by Gasteiger charge is 2.28. The lowest BCUT2D eigenvalue weighted by Gasteiger charge is -2.30. The molecule has 1 atom stereocenters. The van der Waals surface area contributed by atoms with E-state index in [1.165, 1.54) is 9.87 Å². The molecule has 0 bridgehead atoms. The third-order valence-corrected chi connectivity index (χ3v) is 7.28. The Kier molecular flexibility index (Phi) is 6.92. The van der Waals surface area contributed by atoms with Crippen molar-refractivity contribution in [2.24, 2.45) is 0 Å². The summed E-state index contributed by atoms with van der Waals surface area (Å²) in [6, 6.07) is 17.1. The molecule has 1 saturated heterocycles. The zero-order valence-electron chi connectivity index (χ0n) is 17.0. The Morgan fingerprint density at radius 2 is 1.72 bits per heavy atom. The molecule has 0 aliphatic carbocycles. The van der Waals surface area contributed by atoms with Gasteiger partial charge in [0, 0.05) is 18.7 Å². The van der Waals surface area contributed by atoms with Crippen LogP contribution in [-0.2, 0) is 10.0 Å². The summed E-state index contributed by atoms with van der Waals surface area (Å²) in [6.07, 6.45) is 0.636. The van der Waals surface area contributed by atoms with Crippen molar-refractivity contribution < 1.29 is 13.2 Å². The van der Waals surface area contributed by atoms with Gasteiger partial charge in [-0.05, 0) is 49.3 Å². The summed E-state index contributed by atoms with van der Waals surface area (Å²) in [6.45, 7) is 7.03. The molecule has 0 aromatic heterocycles. The fourth-order valence-electron chi connectivity index (χ4n) is 3.80. The maximum absolute atomic E-state index is 12.7. The van der Waals surface area contributed by atoms with E-state index in [0.29, 0.717) is 30.8 Å². The molecule has 7 heteroatoms. The van der Waals surface area contributed by atoms with Gasteiger partial charge in [-0.25, -0.2) is 8.42 Å². The highest BCUT2D eigenvalue weighted by atomic mass is 32.2. The molecular weight excluding hydrogens is 386 g/mol. The van der Waals surface area contributed by atoms with Crippen molar-refractivity contribution >= 4 is 21.6 Å². The molecule has 1 aliphatic heterocycles. The molecule has 156 valence electrons. The van der Waals surface area contributed by atoms with E-state index in [-0.39, 0.29) is 17.7 Å². The number of carbonyl (C=O) groups is 1. The number of carbonyl (C=O) groups excluding carboxylic acids is 1. The van der Waals surface area contributed by atoms with E-state index in [2.05, 4.69) is 36.2 Å². The molecule has 0 radical (unpaired) electrons. The van der Waals surface area contributed by atoms with Crippen molar-refractivity contribution in [3.8, 4) is 0 Å². The van der Waals surface area contributed by atoms with Gasteiger partial charge in [-0.1, -0.05) is 44.2 Å². The van der Waals surface area contributed by atoms with Crippen LogP contribution in [-0.4, -0.2) is 51.2 Å². The molecule has 29 heavy (non-hydrogen) atoms. The van der Waals surface area contributed by atoms with Crippen LogP contribution in [0.25, 0.3) is 0 Å². The first-order chi connectivity index (χ1) is 14.0. The Labute approximate surface area is 173 Å². The number of sulfonamides is 1. The summed E-state index contributed by atoms with van der Waals surface area (Å²) in [4.78, 5) is 15.0. The van der Waals surface area contributed by atoms with Crippen molar-refractivity contribution in [3.05, 3.63) is 65.7 Å². The minimum absolute atomic E-state index is 0.101. The van der Waals surface area contributed by atoms with Gasteiger partial charge in [0.1, 0.15) is 0 Å². The third kappa shape index (κ3) is 4.97. The molecule has 1 aliphatic rings. The van der Waals surface area contributed by atoms with Gasteiger partial charge < -0.3 is 5.32 Å². The van der Waals surface area contributed by atoms with Gasteiger partial charge in [0.05, 0.1) is 17.5 Å². The minimum atomic E-state index is -3.21. The number of nitrogens with one attached hydrogen (secondary N) is 1. The smallest absolute Gasteiger partial charge is 0.251 e. The number of amides is 1. The third-order valence-electron chi connectivity index (χ3n) is 5.41. The topological polar surface area (TPSA) is 69.7 Å². The van der Waals surface area contributed by atoms with E-state index in [1.807, 2.05) is 18.2 Å². The summed E-state index contributed by atoms with van der Waals surface area (Å²) in [5.41, 5.74) is 2.31. The molecule has 2 aromatic carbocycles. The van der Waals surface area contributed by atoms with Crippen LogP contribution in [0.4, 0.5) is 5.69 Å². The SMILES string of the molecule is CCN(CC)C(CNC(=O)c1ccc(N2CCCS2(=O)=O)cc1)c1ccccc1. The van der Waals surface area contributed by atoms with Gasteiger partial charge in [0.15, 0.2) is 0 Å². The second-order valence-electron chi connectivity index (χ2n) is 7.15. The van der Waals surface area contributed by atoms with Crippen LogP contribution in [0, 0.1) is 0 Å². The van der Waals surface area contributed by atoms with Gasteiger partial charge in [-0.3, -0.25) is 14.0 Å². The molecule has 0 saturated carbocycles. The number of anilines is 1. The molecule has 3 rings (SSSR count). The number of nitrogens with zero attached hydrogens (tertiary/aromatic N) is 2. The van der Waals surface area contributed by atoms with E-state index >= 15 is 0 Å². The van der Waals surface area contributed by atoms with Gasteiger partial charge in [-0.2, -0.15) is 0 Å². The van der Waals surface area contributed by atoms with Crippen molar-refractivity contribution in [1.82, 2.24) is 10.2 Å². The highest BCUT2D eigenvalue weighted by Crippen LogP contribution is 2.24. The van der Waals surface area contributed by atoms with E-state index in [9.17, 15) is 13.2 Å². The van der Waals surface area contributed by atoms with Crippen molar-refractivity contribution in [2.75, 3.05) is 36.2 Å². The van der Waals surface area contributed by atoms with Crippen LogP contribution in [0.3, 0.4) is 0 Å². The summed E-state index contributed by atoms with van der Waals surface area (Å²) < 4.78 is 25.5. The zero-order valence-corrected chi connectivity index (χ0v) is 17.9. The maximum Gasteiger partial charge on any atom is 0.251 e. The van der Waals surface area contributed by atoms with Crippen molar-refractivity contribution in [3.63, 3.8) is 0 Å². The zero-order chi connectivity index (χ0) is 20.9. The first-order valence-electron chi connectivity index (χ1n) is 10.1. The average Bonchev–Trinajstić information content (AvgIpc) is 3.10. The molecule has 2 aromatic rings. The lowest BCUT2D eigenvalue weighted by atomic mass is 10.0. The second kappa shape index (κ2) is 9.41. The van der Waals surface area contributed by atoms with Crippen LogP contribution < -0.4 is 9.62 Å². The fraction of sp³-hybridized carbons (Fsp3) is 0.409. The molecule has 1 amide bonds. The largest absolute Gasteiger partial charge is 0.350 e. The van der Waals surface area contributed by atoms with Gasteiger partial charge in [0.25, 0.3) is 5.91 Å². The van der Waals surface area contributed by atoms with E-state index in [1.54, 1.807) is 24.3 Å². The first-order valence-corrected chi connectivity index (χ1v) is 11.7. The summed E-state index contributed by atoms with van der Waals surface area (Å²) in [5, 5.41) is 3.04. The highest BCUT2D eigenvalue weighted by molar-refractivity contribution is 7.93. The molecular formula is C22H29N3O3S. The molecule has 1 unspecified atom stereocenters. The average molecular weight is 416 g/mol. The van der Waals surface area contributed by atoms with E-state index in [4.69, 9.17) is 0 Å². The summed E-state index contributed by atoms with van der Waals surface area (Å²) in [5.74, 6) is 0.0236. The second-order valence-corrected chi connectivity index (χ2v) is 9.16. The van der Waals surface area contributed by atoms with Gasteiger partial charge in [-0.15, -0.1) is 0 Å². The quantitative estimate of drug-likeness (QED) is 0.720. The number of rotatable bonds is 8. The Morgan fingerprint density at radius 1 is 1.07 bits per heavy atom. The number of benzene rings is 2. The summed E-state index contributed by atoms with van der Waals surface area (Å²) >= 11 is 0. The monoisotopic (exact) mass is 415 g/mol. The normalized spacial score (nSPS) is 16.7. The van der Waals surface area contributed by atoms with Crippen LogP contribution in [0.15, 0.2) is 54.6 Å². The van der Waals surface area contributed by atoms with Crippen LogP contribution in [0.5, 0.6) is 0 Å². The van der Waals surface area contributed by atoms with E-state index < -0.39 is 10.0 Å². The minimum Gasteiger partial charge on any atom is -0.350 e. The molecule has 1 fully saturated rings. The predicted molar refractivity (Wildman–Crippen MR) is 117 cm³/mol. The lowest BCUT2D eigenvalue weighted by molar-refractivity contribution is 0.0935. The molecule has 1 N–H and O–H groups in total. The Bertz CT molecular complexity index is 910. The number of likely N-dealkylation sites (N-methyl/N-ethyl adjacent to an activating group) is 1. The number of hydrogen-bond acceptors (Lipinski definition) is 4. The van der Waals surface area contributed by atoms with Crippen molar-refractivity contribution in [2.45, 2.75) is 26.3 Å². The number of hydrogen-bond donors (Lipinski definition) is 1. The molecule has 1 heterocycles. The van der Waals surface area contributed by atoms with Crippen LogP contribution in [0.2, 0.25) is 0 Å². The Balaban J connectivity index is 1.68. The Morgan fingerprint density at radius 3 is 2.28 bits per heavy atom. The van der Waals surface area contributed by atoms with Crippen LogP contribution >= 0.6 is 0 Å². The first kappa shape index (κ1) is 21.3. The molecule has 0 spiro atoms. The van der Waals surface area contributed by atoms with E-state index in [0.717, 1.165) is 13.1 Å². The predicted octanol–water partition coefficient (Wildman–Crippen LogP) is 3.04. The van der Waals surface area contributed by atoms with Crippen LogP contribution in [0.1, 0.15) is 42.2 Å². The molecule has 6 nitrogen and oxygen atoms in total. The van der Waals surface area contributed by atoms with Gasteiger partial charge >= 0.3 is 0 Å². The maximum atomic E-state index is 12.7. The lowest BCUT2D eigenvalue weighted by Crippen LogP contribution is -2.38. The van der Waals surface area contributed by atoms with Crippen molar-refractivity contribution in [1.29, 1.82) is 0 Å². The standard InChI is InChI=1S/C22H29N3O3S/c1-3-24(4-2)21(18-9-6-5-7-10-18)17-23-22(26)19-11-13-20(14-12-19)25-15-8-16-29(25,27)28/h5-7,9-14,21H,3-4,8,15-17H2,1-2H3,(H,23,26). The van der Waals surface area contributed by atoms with Gasteiger partial charge in [0.2, 0.25) is 10.0 Å². The fourth-order valence-corrected chi connectivity index (χ4v) is 5.36.